The number of nitrogens with two attached hydrogens (primary N) is 1. The van der Waals surface area contributed by atoms with Crippen molar-refractivity contribution >= 4 is 51.2 Å². The average Bonchev–Trinajstić information content (AvgIpc) is 3.68. The molecule has 0 radical (unpaired) electrons. The molecule has 0 aliphatic heterocycles. The van der Waals surface area contributed by atoms with Crippen LogP contribution in [-0.4, -0.2) is 45.9 Å². The summed E-state index contributed by atoms with van der Waals surface area (Å²) in [4.78, 5) is 35.7. The van der Waals surface area contributed by atoms with Gasteiger partial charge in [-0.05, 0) is 121 Å². The van der Waals surface area contributed by atoms with Crippen LogP contribution >= 0.6 is 0 Å². The number of rotatable bonds is 9. The lowest BCUT2D eigenvalue weighted by atomic mass is 10.2. The SMILES string of the molecule is Cc1noc2cccc(Oc3ccc(NC(=O)[C@@H](C)N)cc3)c12.Cc1noc2cccc(Oc3ccc(NC(=O)[C@@H](C)NC(=O)OC(C)(C)C)cc3)c12. The minimum absolute atomic E-state index is 0.233. The molecule has 0 fully saturated rings. The van der Waals surface area contributed by atoms with Gasteiger partial charge in [0.2, 0.25) is 11.8 Å². The Kier molecular flexibility index (Phi) is 11.6. The summed E-state index contributed by atoms with van der Waals surface area (Å²) in [7, 11) is 0. The highest BCUT2D eigenvalue weighted by Gasteiger charge is 2.21. The van der Waals surface area contributed by atoms with Gasteiger partial charge in [0.05, 0.1) is 28.2 Å². The quantitative estimate of drug-likeness (QED) is 0.113. The van der Waals surface area contributed by atoms with Gasteiger partial charge in [0.25, 0.3) is 0 Å². The van der Waals surface area contributed by atoms with E-state index >= 15 is 0 Å². The maximum Gasteiger partial charge on any atom is 0.408 e. The van der Waals surface area contributed by atoms with Crippen LogP contribution < -0.4 is 31.2 Å². The highest BCUT2D eigenvalue weighted by molar-refractivity contribution is 5.96. The van der Waals surface area contributed by atoms with Crippen LogP contribution in [0.5, 0.6) is 23.0 Å². The van der Waals surface area contributed by atoms with Crippen molar-refractivity contribution in [1.29, 1.82) is 0 Å². The second-order valence-electron chi connectivity index (χ2n) is 13.2. The number of aryl methyl sites for hydroxylation is 2. The minimum atomic E-state index is -0.759. The van der Waals surface area contributed by atoms with Gasteiger partial charge in [-0.1, -0.05) is 22.4 Å². The number of nitrogens with one attached hydrogen (secondary N) is 3. The monoisotopic (exact) mass is 722 g/mol. The van der Waals surface area contributed by atoms with Crippen molar-refractivity contribution in [2.45, 2.75) is 66.2 Å². The zero-order valence-corrected chi connectivity index (χ0v) is 30.5. The van der Waals surface area contributed by atoms with Gasteiger partial charge in [-0.3, -0.25) is 9.59 Å². The molecule has 0 spiro atoms. The van der Waals surface area contributed by atoms with Crippen LogP contribution in [0.2, 0.25) is 0 Å². The number of fused-ring (bicyclic) bond motifs is 2. The molecule has 2 aromatic heterocycles. The molecule has 4 aromatic carbocycles. The Morgan fingerprint density at radius 2 is 1.11 bits per heavy atom. The number of carbonyl (C=O) groups is 3. The number of amides is 3. The Labute approximate surface area is 305 Å². The van der Waals surface area contributed by atoms with Crippen LogP contribution in [0.15, 0.2) is 94.0 Å². The van der Waals surface area contributed by atoms with Gasteiger partial charge in [0.1, 0.15) is 34.6 Å². The van der Waals surface area contributed by atoms with Crippen molar-refractivity contribution < 1.29 is 37.6 Å². The molecule has 2 heterocycles. The molecule has 0 aliphatic carbocycles. The van der Waals surface area contributed by atoms with Crippen LogP contribution in [0.4, 0.5) is 16.2 Å². The summed E-state index contributed by atoms with van der Waals surface area (Å²) < 4.78 is 27.5. The number of aromatic nitrogens is 2. The van der Waals surface area contributed by atoms with Gasteiger partial charge in [0, 0.05) is 11.4 Å². The van der Waals surface area contributed by atoms with Crippen molar-refractivity contribution in [3.63, 3.8) is 0 Å². The fourth-order valence-electron chi connectivity index (χ4n) is 4.91. The summed E-state index contributed by atoms with van der Waals surface area (Å²) in [5.74, 6) is 1.97. The number of nitrogens with zero attached hydrogens (tertiary/aromatic N) is 2. The first kappa shape index (κ1) is 37.8. The lowest BCUT2D eigenvalue weighted by molar-refractivity contribution is -0.118. The van der Waals surface area contributed by atoms with Crippen molar-refractivity contribution in [1.82, 2.24) is 15.6 Å². The number of ether oxygens (including phenoxy) is 3. The van der Waals surface area contributed by atoms with E-state index in [2.05, 4.69) is 26.3 Å². The Morgan fingerprint density at radius 3 is 1.53 bits per heavy atom. The zero-order chi connectivity index (χ0) is 38.3. The molecule has 14 heteroatoms. The smallest absolute Gasteiger partial charge is 0.408 e. The second kappa shape index (κ2) is 16.3. The van der Waals surface area contributed by atoms with Crippen LogP contribution in [0.25, 0.3) is 21.9 Å². The Balaban J connectivity index is 0.000000211. The molecule has 3 amide bonds. The average molecular weight is 723 g/mol. The van der Waals surface area contributed by atoms with E-state index in [1.54, 1.807) is 83.1 Å². The largest absolute Gasteiger partial charge is 0.457 e. The molecule has 6 aromatic rings. The number of benzene rings is 4. The fraction of sp³-hybridized carbons (Fsp3) is 0.256. The van der Waals surface area contributed by atoms with E-state index in [4.69, 9.17) is 29.0 Å². The highest BCUT2D eigenvalue weighted by atomic mass is 16.6. The fourth-order valence-corrected chi connectivity index (χ4v) is 4.91. The third-order valence-corrected chi connectivity index (χ3v) is 7.50. The Hall–Kier alpha value is -6.41. The molecule has 14 nitrogen and oxygen atoms in total. The molecule has 6 rings (SSSR count). The molecule has 5 N–H and O–H groups in total. The van der Waals surface area contributed by atoms with Gasteiger partial charge >= 0.3 is 6.09 Å². The van der Waals surface area contributed by atoms with Crippen LogP contribution in [0.1, 0.15) is 46.0 Å². The first-order chi connectivity index (χ1) is 25.2. The molecule has 2 atom stereocenters. The number of anilines is 2. The van der Waals surface area contributed by atoms with E-state index in [1.165, 1.54) is 0 Å². The first-order valence-corrected chi connectivity index (χ1v) is 16.8. The van der Waals surface area contributed by atoms with E-state index in [-0.39, 0.29) is 11.8 Å². The third kappa shape index (κ3) is 10.1. The van der Waals surface area contributed by atoms with Crippen molar-refractivity contribution in [3.05, 3.63) is 96.3 Å². The summed E-state index contributed by atoms with van der Waals surface area (Å²) in [6, 6.07) is 23.7. The van der Waals surface area contributed by atoms with Crippen LogP contribution in [0.3, 0.4) is 0 Å². The van der Waals surface area contributed by atoms with Crippen molar-refractivity contribution in [2.75, 3.05) is 10.6 Å². The molecule has 0 unspecified atom stereocenters. The second-order valence-corrected chi connectivity index (χ2v) is 13.2. The van der Waals surface area contributed by atoms with E-state index in [0.29, 0.717) is 45.5 Å². The predicted octanol–water partition coefficient (Wildman–Crippen LogP) is 7.99. The lowest BCUT2D eigenvalue weighted by Gasteiger charge is -2.21. The minimum Gasteiger partial charge on any atom is -0.457 e. The van der Waals surface area contributed by atoms with Gasteiger partial charge in [-0.25, -0.2) is 4.79 Å². The molecule has 0 saturated carbocycles. The topological polar surface area (TPSA) is 193 Å². The van der Waals surface area contributed by atoms with E-state index in [9.17, 15) is 14.4 Å². The standard InChI is InChI=1S/C22H25N3O5.C17H17N3O3/c1-13-19-17(7-6-8-18(19)30-25-13)28-16-11-9-15(10-12-16)24-20(26)14(2)23-21(27)29-22(3,4)5;1-10(18)17(21)19-12-6-8-13(9-7-12)22-14-4-3-5-15-16(14)11(2)20-23-15/h6-12,14H,1-5H3,(H,23,27)(H,24,26);3-10H,18H2,1-2H3,(H,19,21)/t14-;10-/m11/s1. The Morgan fingerprint density at radius 1 is 0.679 bits per heavy atom. The maximum absolute atomic E-state index is 12.3. The van der Waals surface area contributed by atoms with Crippen LogP contribution in [-0.2, 0) is 14.3 Å². The van der Waals surface area contributed by atoms with E-state index in [1.807, 2.05) is 50.2 Å². The molecule has 0 aliphatic rings. The molecule has 0 saturated heterocycles. The molecular weight excluding hydrogens is 680 g/mol. The lowest BCUT2D eigenvalue weighted by Crippen LogP contribution is -2.43. The van der Waals surface area contributed by atoms with E-state index in [0.717, 1.165) is 22.2 Å². The summed E-state index contributed by atoms with van der Waals surface area (Å²) >= 11 is 0. The summed E-state index contributed by atoms with van der Waals surface area (Å²) in [6.45, 7) is 12.2. The first-order valence-electron chi connectivity index (χ1n) is 16.8. The van der Waals surface area contributed by atoms with Gasteiger partial charge in [0.15, 0.2) is 11.2 Å². The predicted molar refractivity (Wildman–Crippen MR) is 200 cm³/mol. The molecule has 276 valence electrons. The van der Waals surface area contributed by atoms with Crippen molar-refractivity contribution in [3.8, 4) is 23.0 Å². The Bertz CT molecular complexity index is 2200. The number of alkyl carbamates (subject to hydrolysis) is 1. The molecule has 53 heavy (non-hydrogen) atoms. The van der Waals surface area contributed by atoms with Gasteiger partial charge in [-0.15, -0.1) is 0 Å². The van der Waals surface area contributed by atoms with Gasteiger partial charge < -0.3 is 44.9 Å². The van der Waals surface area contributed by atoms with Gasteiger partial charge in [-0.2, -0.15) is 0 Å². The summed E-state index contributed by atoms with van der Waals surface area (Å²) in [6.07, 6.45) is -0.646. The highest BCUT2D eigenvalue weighted by Crippen LogP contribution is 2.34. The van der Waals surface area contributed by atoms with Crippen molar-refractivity contribution in [2.24, 2.45) is 5.73 Å². The van der Waals surface area contributed by atoms with E-state index < -0.39 is 23.8 Å². The molecular formula is C39H42N6O8. The molecule has 0 bridgehead atoms. The number of hydrogen-bond acceptors (Lipinski definition) is 11. The zero-order valence-electron chi connectivity index (χ0n) is 30.5. The normalized spacial score (nSPS) is 12.2. The maximum atomic E-state index is 12.3. The summed E-state index contributed by atoms with van der Waals surface area (Å²) in [5.41, 5.74) is 8.98. The van der Waals surface area contributed by atoms with Crippen LogP contribution in [0, 0.1) is 13.8 Å². The number of carbonyl (C=O) groups excluding carboxylic acids is 3. The summed E-state index contributed by atoms with van der Waals surface area (Å²) in [5, 5.41) is 17.5. The number of hydrogen-bond donors (Lipinski definition) is 4. The third-order valence-electron chi connectivity index (χ3n) is 7.50.